The van der Waals surface area contributed by atoms with Crippen LogP contribution in [0.5, 0.6) is 17.4 Å². The summed E-state index contributed by atoms with van der Waals surface area (Å²) in [7, 11) is -0.755. The highest BCUT2D eigenvalue weighted by molar-refractivity contribution is 7.91. The molecule has 16 heteroatoms. The van der Waals surface area contributed by atoms with Gasteiger partial charge in [-0.25, -0.2) is 18.2 Å². The fourth-order valence-electron chi connectivity index (χ4n) is 8.21. The van der Waals surface area contributed by atoms with Crippen LogP contribution in [0.2, 0.25) is 0 Å². The van der Waals surface area contributed by atoms with E-state index in [1.165, 1.54) is 12.0 Å². The summed E-state index contributed by atoms with van der Waals surface area (Å²) in [5.74, 6) is -0.575. The van der Waals surface area contributed by atoms with E-state index in [4.69, 9.17) is 18.9 Å². The van der Waals surface area contributed by atoms with Gasteiger partial charge in [0.25, 0.3) is 5.91 Å². The maximum absolute atomic E-state index is 14.5. The van der Waals surface area contributed by atoms with Crippen molar-refractivity contribution in [3.63, 3.8) is 0 Å². The van der Waals surface area contributed by atoms with Gasteiger partial charge in [-0.05, 0) is 75.3 Å². The number of hydrogen-bond donors (Lipinski definition) is 3. The summed E-state index contributed by atoms with van der Waals surface area (Å²) in [6.07, 6.45) is 7.99. The van der Waals surface area contributed by atoms with Crippen molar-refractivity contribution in [2.45, 2.75) is 125 Å². The van der Waals surface area contributed by atoms with Crippen LogP contribution in [-0.2, 0) is 35.6 Å². The van der Waals surface area contributed by atoms with E-state index in [0.717, 1.165) is 49.5 Å². The van der Waals surface area contributed by atoms with Gasteiger partial charge in [0.2, 0.25) is 27.7 Å². The van der Waals surface area contributed by atoms with Gasteiger partial charge < -0.3 is 34.5 Å². The number of methoxy groups -OCH3 is 2. The van der Waals surface area contributed by atoms with E-state index in [1.54, 1.807) is 13.2 Å². The molecule has 2 saturated carbocycles. The zero-order valence-electron chi connectivity index (χ0n) is 31.0. The SMILES string of the molecule is COc1cc2c3cc(c(OC)cc3n1)CCCCCOC(=O)N[C@H]1CCCCCCC[C@@H]3C[C@@]3(C(=O)NS(=O)(=O)C3CC3)NC(=O)[C@@H]3C[C@H](CN3C1=O)O2. The molecule has 5 aliphatic rings. The predicted molar refractivity (Wildman–Crippen MR) is 197 cm³/mol. The summed E-state index contributed by atoms with van der Waals surface area (Å²) in [5, 5.41) is 5.84. The quantitative estimate of drug-likeness (QED) is 0.402. The fourth-order valence-corrected chi connectivity index (χ4v) is 9.57. The first-order valence-corrected chi connectivity index (χ1v) is 20.9. The van der Waals surface area contributed by atoms with Crippen LogP contribution in [0.4, 0.5) is 4.79 Å². The smallest absolute Gasteiger partial charge is 0.407 e. The lowest BCUT2D eigenvalue weighted by atomic mass is 10.0. The number of nitrogens with one attached hydrogen (secondary N) is 3. The Balaban J connectivity index is 1.24. The van der Waals surface area contributed by atoms with Crippen molar-refractivity contribution < 1.29 is 46.5 Å². The number of aryl methyl sites for hydroxylation is 1. The van der Waals surface area contributed by atoms with Crippen LogP contribution < -0.4 is 29.6 Å². The first-order valence-electron chi connectivity index (χ1n) is 19.4. The summed E-state index contributed by atoms with van der Waals surface area (Å²) in [5.41, 5.74) is 0.125. The van der Waals surface area contributed by atoms with E-state index in [0.29, 0.717) is 74.3 Å². The first kappa shape index (κ1) is 38.0. The van der Waals surface area contributed by atoms with Crippen molar-refractivity contribution in [2.75, 3.05) is 27.4 Å². The third kappa shape index (κ3) is 8.18. The van der Waals surface area contributed by atoms with Crippen LogP contribution >= 0.6 is 0 Å². The van der Waals surface area contributed by atoms with Crippen LogP contribution in [0.15, 0.2) is 18.2 Å². The van der Waals surface area contributed by atoms with Crippen molar-refractivity contribution in [3.05, 3.63) is 23.8 Å². The molecule has 4 amide bonds. The number of fused-ring (bicyclic) bond motifs is 4. The van der Waals surface area contributed by atoms with Gasteiger partial charge in [-0.1, -0.05) is 32.1 Å². The number of rotatable bonds is 5. The Morgan fingerprint density at radius 1 is 0.963 bits per heavy atom. The Bertz CT molecular complexity index is 1890. The van der Waals surface area contributed by atoms with E-state index in [2.05, 4.69) is 20.3 Å². The lowest BCUT2D eigenvalue weighted by Gasteiger charge is -2.29. The number of carbonyl (C=O) groups excluding carboxylic acids is 4. The largest absolute Gasteiger partial charge is 0.496 e. The van der Waals surface area contributed by atoms with E-state index >= 15 is 0 Å². The van der Waals surface area contributed by atoms with E-state index in [1.807, 2.05) is 12.1 Å². The molecular formula is C38H51N5O10S. The van der Waals surface area contributed by atoms with Gasteiger partial charge in [-0.3, -0.25) is 19.1 Å². The molecule has 5 atom stereocenters. The van der Waals surface area contributed by atoms with Crippen molar-refractivity contribution in [1.82, 2.24) is 25.2 Å². The number of cyclic esters (lactones) is 1. The second kappa shape index (κ2) is 15.8. The summed E-state index contributed by atoms with van der Waals surface area (Å²) >= 11 is 0. The normalized spacial score (nSPS) is 28.6. The van der Waals surface area contributed by atoms with Gasteiger partial charge >= 0.3 is 6.09 Å². The minimum atomic E-state index is -3.87. The van der Waals surface area contributed by atoms with E-state index in [-0.39, 0.29) is 25.5 Å². The number of pyridine rings is 1. The van der Waals surface area contributed by atoms with Gasteiger partial charge in [-0.2, -0.15) is 0 Å². The van der Waals surface area contributed by atoms with Crippen molar-refractivity contribution in [2.24, 2.45) is 5.92 Å². The zero-order valence-corrected chi connectivity index (χ0v) is 31.8. The lowest BCUT2D eigenvalue weighted by molar-refractivity contribution is -0.141. The molecular weight excluding hydrogens is 719 g/mol. The minimum absolute atomic E-state index is 0.0119. The van der Waals surface area contributed by atoms with Gasteiger partial charge in [0.1, 0.15) is 35.2 Å². The average Bonchev–Trinajstić information content (AvgIpc) is 4.08. The van der Waals surface area contributed by atoms with E-state index < -0.39 is 62.8 Å². The van der Waals surface area contributed by atoms with Crippen LogP contribution in [0, 0.1) is 5.92 Å². The third-order valence-electron chi connectivity index (χ3n) is 11.5. The summed E-state index contributed by atoms with van der Waals surface area (Å²) in [6, 6.07) is 3.47. The summed E-state index contributed by atoms with van der Waals surface area (Å²) in [6.45, 7) is 0.194. The summed E-state index contributed by atoms with van der Waals surface area (Å²) < 4.78 is 51.4. The molecule has 5 bridgehead atoms. The maximum Gasteiger partial charge on any atom is 0.407 e. The van der Waals surface area contributed by atoms with Crippen molar-refractivity contribution in [3.8, 4) is 17.4 Å². The zero-order chi connectivity index (χ0) is 38.0. The number of sulfonamides is 1. The van der Waals surface area contributed by atoms with Crippen LogP contribution in [0.1, 0.15) is 95.5 Å². The Morgan fingerprint density at radius 3 is 2.48 bits per heavy atom. The van der Waals surface area contributed by atoms with E-state index in [9.17, 15) is 27.6 Å². The number of aromatic nitrogens is 1. The molecule has 3 N–H and O–H groups in total. The molecule has 1 aromatic heterocycles. The Morgan fingerprint density at radius 2 is 1.72 bits per heavy atom. The molecule has 0 radical (unpaired) electrons. The number of alkyl carbamates (subject to hydrolysis) is 1. The third-order valence-corrected chi connectivity index (χ3v) is 13.3. The topological polar surface area (TPSA) is 192 Å². The number of ether oxygens (including phenoxy) is 4. The van der Waals surface area contributed by atoms with Crippen LogP contribution in [0.3, 0.4) is 0 Å². The van der Waals surface area contributed by atoms with Crippen LogP contribution in [0.25, 0.3) is 10.9 Å². The average molecular weight is 770 g/mol. The molecule has 2 aliphatic carbocycles. The molecule has 15 nitrogen and oxygen atoms in total. The Hall–Kier alpha value is -4.34. The number of hydrogen-bond acceptors (Lipinski definition) is 11. The first-order chi connectivity index (χ1) is 26.0. The monoisotopic (exact) mass is 769 g/mol. The standard InChI is InChI=1S/C38H51N5O10S/c1-50-31-19-29-27-17-23(31)11-7-6-10-16-52-37(47)40-28-13-9-5-3-4-8-12-24-21-38(24,36(46)42-54(48,49)26-14-15-26)41-34(44)30-18-25(22-43(30)35(28)45)53-32(27)20-33(39-29)51-2/h17,19-20,24-26,28,30H,3-16,18,21-22H2,1-2H3,(H,40,47)(H,41,44)(H,42,46)/t24-,25-,28+,30+,38-/m1/s1. The lowest BCUT2D eigenvalue weighted by Crippen LogP contribution is -2.58. The predicted octanol–water partition coefficient (Wildman–Crippen LogP) is 3.65. The molecule has 54 heavy (non-hydrogen) atoms. The molecule has 4 fully saturated rings. The van der Waals surface area contributed by atoms with Gasteiger partial charge in [0.05, 0.1) is 38.1 Å². The minimum Gasteiger partial charge on any atom is -0.496 e. The highest BCUT2D eigenvalue weighted by Crippen LogP contribution is 2.48. The number of benzene rings is 1. The van der Waals surface area contributed by atoms with Crippen molar-refractivity contribution in [1.29, 1.82) is 0 Å². The molecule has 2 saturated heterocycles. The number of nitrogens with zero attached hydrogens (tertiary/aromatic N) is 2. The maximum atomic E-state index is 14.5. The molecule has 0 spiro atoms. The van der Waals surface area contributed by atoms with Gasteiger partial charge in [0.15, 0.2) is 0 Å². The van der Waals surface area contributed by atoms with Gasteiger partial charge in [0, 0.05) is 23.9 Å². The second-order valence-corrected chi connectivity index (χ2v) is 17.3. The fraction of sp³-hybridized carbons (Fsp3) is 0.658. The second-order valence-electron chi connectivity index (χ2n) is 15.4. The summed E-state index contributed by atoms with van der Waals surface area (Å²) in [4.78, 5) is 61.8. The molecule has 4 heterocycles. The van der Waals surface area contributed by atoms with Crippen LogP contribution in [-0.4, -0.2) is 98.5 Å². The molecule has 1 aromatic carbocycles. The molecule has 294 valence electrons. The molecule has 0 unspecified atom stereocenters. The Labute approximate surface area is 315 Å². The number of amides is 4. The Kier molecular flexibility index (Phi) is 11.1. The van der Waals surface area contributed by atoms with Gasteiger partial charge in [-0.15, -0.1) is 0 Å². The molecule has 7 rings (SSSR count). The number of carbonyl (C=O) groups is 4. The highest BCUT2D eigenvalue weighted by atomic mass is 32.2. The molecule has 2 aromatic rings. The highest BCUT2D eigenvalue weighted by Gasteiger charge is 2.62. The molecule has 3 aliphatic heterocycles. The van der Waals surface area contributed by atoms with Crippen molar-refractivity contribution >= 4 is 44.7 Å².